The second-order valence-corrected chi connectivity index (χ2v) is 9.36. The fourth-order valence-corrected chi connectivity index (χ4v) is 4.58. The van der Waals surface area contributed by atoms with E-state index in [4.69, 9.17) is 4.74 Å². The van der Waals surface area contributed by atoms with Gasteiger partial charge in [0, 0.05) is 44.1 Å². The molecular formula is C26H35FN2O3. The Morgan fingerprint density at radius 2 is 1.84 bits per heavy atom. The first-order valence-corrected chi connectivity index (χ1v) is 11.3. The number of methoxy groups -OCH3 is 1. The molecule has 0 aromatic heterocycles. The summed E-state index contributed by atoms with van der Waals surface area (Å²) in [6.07, 6.45) is 0. The third-order valence-electron chi connectivity index (χ3n) is 6.30. The summed E-state index contributed by atoms with van der Waals surface area (Å²) in [7, 11) is 1.54. The molecule has 0 spiro atoms. The van der Waals surface area contributed by atoms with Crippen molar-refractivity contribution < 1.29 is 19.0 Å². The fourth-order valence-electron chi connectivity index (χ4n) is 4.58. The first-order valence-electron chi connectivity index (χ1n) is 11.3. The molecule has 1 N–H and O–H groups in total. The Kier molecular flexibility index (Phi) is 7.77. The Balaban J connectivity index is 1.83. The molecule has 0 bridgehead atoms. The lowest BCUT2D eigenvalue weighted by molar-refractivity contribution is -0.136. The van der Waals surface area contributed by atoms with Gasteiger partial charge in [-0.2, -0.15) is 0 Å². The average molecular weight is 443 g/mol. The molecule has 1 fully saturated rings. The summed E-state index contributed by atoms with van der Waals surface area (Å²) in [4.78, 5) is 17.2. The normalized spacial score (nSPS) is 19.0. The van der Waals surface area contributed by atoms with Crippen molar-refractivity contribution in [2.45, 2.75) is 46.2 Å². The summed E-state index contributed by atoms with van der Waals surface area (Å²) in [5.74, 6) is 0.903. The number of rotatable bonds is 8. The molecule has 1 amide bonds. The van der Waals surface area contributed by atoms with Crippen molar-refractivity contribution in [2.24, 2.45) is 11.8 Å². The number of likely N-dealkylation sites (tertiary alicyclic amines) is 1. The van der Waals surface area contributed by atoms with E-state index in [1.807, 2.05) is 43.0 Å². The third-order valence-corrected chi connectivity index (χ3v) is 6.30. The zero-order chi connectivity index (χ0) is 23.4. The summed E-state index contributed by atoms with van der Waals surface area (Å²) < 4.78 is 18.8. The molecule has 2 unspecified atom stereocenters. The van der Waals surface area contributed by atoms with E-state index in [-0.39, 0.29) is 41.3 Å². The third kappa shape index (κ3) is 5.60. The number of carbonyl (C=O) groups is 1. The minimum Gasteiger partial charge on any atom is -0.504 e. The van der Waals surface area contributed by atoms with E-state index in [2.05, 4.69) is 18.7 Å². The van der Waals surface area contributed by atoms with Crippen LogP contribution in [0.25, 0.3) is 0 Å². The zero-order valence-electron chi connectivity index (χ0n) is 19.7. The lowest BCUT2D eigenvalue weighted by Gasteiger charge is -2.33. The molecule has 3 rings (SSSR count). The van der Waals surface area contributed by atoms with Gasteiger partial charge in [0.2, 0.25) is 5.91 Å². The number of benzene rings is 2. The lowest BCUT2D eigenvalue weighted by atomic mass is 9.88. The largest absolute Gasteiger partial charge is 0.504 e. The van der Waals surface area contributed by atoms with Crippen LogP contribution in [0.3, 0.4) is 0 Å². The first kappa shape index (κ1) is 24.1. The van der Waals surface area contributed by atoms with Crippen molar-refractivity contribution in [3.8, 4) is 11.5 Å². The molecule has 5 nitrogen and oxygen atoms in total. The van der Waals surface area contributed by atoms with Crippen LogP contribution < -0.4 is 4.74 Å². The van der Waals surface area contributed by atoms with Crippen LogP contribution in [0.4, 0.5) is 4.39 Å². The number of phenols is 1. The van der Waals surface area contributed by atoms with Crippen molar-refractivity contribution in [2.75, 3.05) is 26.7 Å². The molecule has 2 aromatic rings. The van der Waals surface area contributed by atoms with Crippen molar-refractivity contribution in [3.05, 3.63) is 59.4 Å². The summed E-state index contributed by atoms with van der Waals surface area (Å²) >= 11 is 0. The van der Waals surface area contributed by atoms with Crippen LogP contribution in [-0.2, 0) is 11.3 Å². The maximum Gasteiger partial charge on any atom is 0.225 e. The van der Waals surface area contributed by atoms with Gasteiger partial charge in [0.05, 0.1) is 7.11 Å². The molecule has 1 saturated heterocycles. The van der Waals surface area contributed by atoms with Crippen LogP contribution in [0, 0.1) is 17.7 Å². The highest BCUT2D eigenvalue weighted by molar-refractivity contribution is 5.78. The van der Waals surface area contributed by atoms with Crippen molar-refractivity contribution in [3.63, 3.8) is 0 Å². The quantitative estimate of drug-likeness (QED) is 0.647. The van der Waals surface area contributed by atoms with Gasteiger partial charge in [0.25, 0.3) is 0 Å². The lowest BCUT2D eigenvalue weighted by Crippen LogP contribution is -2.43. The topological polar surface area (TPSA) is 53.0 Å². The van der Waals surface area contributed by atoms with Crippen LogP contribution in [0.1, 0.15) is 44.7 Å². The molecule has 2 aromatic carbocycles. The van der Waals surface area contributed by atoms with E-state index in [1.165, 1.54) is 12.1 Å². The number of halogens is 1. The highest BCUT2D eigenvalue weighted by atomic mass is 19.1. The van der Waals surface area contributed by atoms with E-state index in [1.54, 1.807) is 13.2 Å². The Morgan fingerprint density at radius 1 is 1.16 bits per heavy atom. The van der Waals surface area contributed by atoms with E-state index in [0.717, 1.165) is 24.2 Å². The van der Waals surface area contributed by atoms with Crippen LogP contribution in [-0.4, -0.2) is 53.6 Å². The van der Waals surface area contributed by atoms with E-state index in [0.29, 0.717) is 18.8 Å². The number of ether oxygens (including phenoxy) is 1. The minimum atomic E-state index is -0.241. The van der Waals surface area contributed by atoms with Gasteiger partial charge in [-0.25, -0.2) is 4.39 Å². The van der Waals surface area contributed by atoms with Gasteiger partial charge in [-0.1, -0.05) is 32.0 Å². The van der Waals surface area contributed by atoms with Crippen LogP contribution in [0.15, 0.2) is 42.5 Å². The van der Waals surface area contributed by atoms with E-state index >= 15 is 0 Å². The van der Waals surface area contributed by atoms with Crippen molar-refractivity contribution >= 4 is 5.91 Å². The predicted molar refractivity (Wildman–Crippen MR) is 124 cm³/mol. The second kappa shape index (κ2) is 10.3. The smallest absolute Gasteiger partial charge is 0.225 e. The van der Waals surface area contributed by atoms with Crippen LogP contribution in [0.2, 0.25) is 0 Å². The predicted octanol–water partition coefficient (Wildman–Crippen LogP) is 4.65. The van der Waals surface area contributed by atoms with E-state index < -0.39 is 0 Å². The highest BCUT2D eigenvalue weighted by Crippen LogP contribution is 2.35. The van der Waals surface area contributed by atoms with E-state index in [9.17, 15) is 14.3 Å². The number of phenolic OH excluding ortho intramolecular Hbond substituents is 1. The summed E-state index contributed by atoms with van der Waals surface area (Å²) in [5.41, 5.74) is 2.15. The Hall–Kier alpha value is -2.60. The van der Waals surface area contributed by atoms with Gasteiger partial charge in [-0.05, 0) is 55.2 Å². The second-order valence-electron chi connectivity index (χ2n) is 9.36. The average Bonchev–Trinajstić information content (AvgIpc) is 3.15. The first-order chi connectivity index (χ1) is 15.2. The molecule has 1 aliphatic rings. The Labute approximate surface area is 190 Å². The zero-order valence-corrected chi connectivity index (χ0v) is 19.7. The molecule has 0 radical (unpaired) electrons. The van der Waals surface area contributed by atoms with Gasteiger partial charge in [0.1, 0.15) is 5.82 Å². The Morgan fingerprint density at radius 3 is 2.44 bits per heavy atom. The molecular weight excluding hydrogens is 407 g/mol. The molecule has 1 heterocycles. The molecule has 0 saturated carbocycles. The molecule has 6 heteroatoms. The van der Waals surface area contributed by atoms with Gasteiger partial charge in [-0.15, -0.1) is 0 Å². The number of amides is 1. The molecule has 2 atom stereocenters. The molecule has 1 aliphatic heterocycles. The van der Waals surface area contributed by atoms with Crippen molar-refractivity contribution in [1.29, 1.82) is 0 Å². The molecule has 0 aliphatic carbocycles. The fraction of sp³-hybridized carbons (Fsp3) is 0.500. The van der Waals surface area contributed by atoms with Crippen molar-refractivity contribution in [1.82, 2.24) is 9.80 Å². The van der Waals surface area contributed by atoms with Crippen LogP contribution >= 0.6 is 0 Å². The van der Waals surface area contributed by atoms with Gasteiger partial charge in [-0.3, -0.25) is 9.69 Å². The number of hydrogen-bond donors (Lipinski definition) is 1. The van der Waals surface area contributed by atoms with Crippen LogP contribution in [0.5, 0.6) is 11.5 Å². The van der Waals surface area contributed by atoms with Gasteiger partial charge >= 0.3 is 0 Å². The number of carbonyl (C=O) groups excluding carboxylic acids is 1. The summed E-state index contributed by atoms with van der Waals surface area (Å²) in [6, 6.07) is 12.3. The number of nitrogens with zero attached hydrogens (tertiary/aromatic N) is 2. The highest BCUT2D eigenvalue weighted by Gasteiger charge is 2.36. The minimum absolute atomic E-state index is 0.0522. The SMILES string of the molecule is COc1cc(CN2CC(CN(C(=O)C(C)C)C(C)C)C(c3ccc(F)cc3)C2)ccc1O. The van der Waals surface area contributed by atoms with Gasteiger partial charge in [0.15, 0.2) is 11.5 Å². The maximum atomic E-state index is 13.6. The number of hydrogen-bond acceptors (Lipinski definition) is 4. The summed E-state index contributed by atoms with van der Waals surface area (Å²) in [5, 5.41) is 9.89. The monoisotopic (exact) mass is 442 g/mol. The molecule has 174 valence electrons. The number of aromatic hydroxyl groups is 1. The summed E-state index contributed by atoms with van der Waals surface area (Å²) in [6.45, 7) is 11.0. The van der Waals surface area contributed by atoms with Gasteiger partial charge < -0.3 is 14.7 Å². The molecule has 32 heavy (non-hydrogen) atoms. The standard InChI is InChI=1S/C26H35FN2O3/c1-17(2)26(31)29(18(3)4)15-21-14-28(13-19-6-11-24(30)25(12-19)32-5)16-23(21)20-7-9-22(27)10-8-20/h6-12,17-18,21,23,30H,13-16H2,1-5H3. The Bertz CT molecular complexity index is 914. The maximum absolute atomic E-state index is 13.6.